The summed E-state index contributed by atoms with van der Waals surface area (Å²) < 4.78 is 6.21. The number of carbonyl (C=O) groups is 1. The van der Waals surface area contributed by atoms with Crippen molar-refractivity contribution in [2.24, 2.45) is 5.10 Å². The maximum Gasteiger partial charge on any atom is 0.256 e. The molecule has 2 heterocycles. The van der Waals surface area contributed by atoms with E-state index in [1.165, 1.54) is 0 Å². The Morgan fingerprint density at radius 3 is 2.67 bits per heavy atom. The summed E-state index contributed by atoms with van der Waals surface area (Å²) in [6.07, 6.45) is 2.59. The molecule has 1 aliphatic rings. The topological polar surface area (TPSA) is 91.0 Å². The molecule has 0 bridgehead atoms. The molecule has 0 saturated carbocycles. The summed E-state index contributed by atoms with van der Waals surface area (Å²) in [5.74, 6) is 1.06. The second-order valence-electron chi connectivity index (χ2n) is 8.43. The van der Waals surface area contributed by atoms with E-state index < -0.39 is 6.10 Å². The molecular weight excluding hydrogens is 416 g/mol. The van der Waals surface area contributed by atoms with Crippen molar-refractivity contribution >= 4 is 17.8 Å². The van der Waals surface area contributed by atoms with Gasteiger partial charge in [0.05, 0.1) is 23.3 Å². The first-order valence-corrected chi connectivity index (χ1v) is 11.4. The number of amides is 1. The Labute approximate surface area is 194 Å². The fourth-order valence-corrected chi connectivity index (χ4v) is 4.25. The smallest absolute Gasteiger partial charge is 0.256 e. The van der Waals surface area contributed by atoms with E-state index in [2.05, 4.69) is 22.4 Å². The number of rotatable bonds is 6. The highest BCUT2D eigenvalue weighted by atomic mass is 16.4. The van der Waals surface area contributed by atoms with E-state index in [9.17, 15) is 9.90 Å². The summed E-state index contributed by atoms with van der Waals surface area (Å²) in [5, 5.41) is 14.4. The van der Waals surface area contributed by atoms with Gasteiger partial charge >= 0.3 is 0 Å². The summed E-state index contributed by atoms with van der Waals surface area (Å²) in [6, 6.07) is 17.2. The molecule has 7 heteroatoms. The predicted molar refractivity (Wildman–Crippen MR) is 129 cm³/mol. The number of nitrogens with one attached hydrogen (secondary N) is 1. The van der Waals surface area contributed by atoms with Crippen LogP contribution in [0.5, 0.6) is 0 Å². The molecule has 2 aromatic carbocycles. The van der Waals surface area contributed by atoms with Gasteiger partial charge in [-0.05, 0) is 45.7 Å². The number of para-hydroxylation sites is 1. The SMILES string of the molecule is C/C=N\Nc1ccccc1C(=O)N1C[C@H](c2nc(C(C)O)c(-c3ccccc3)o2)CC[C@H]1C. The van der Waals surface area contributed by atoms with Crippen LogP contribution in [0.25, 0.3) is 11.3 Å². The fourth-order valence-electron chi connectivity index (χ4n) is 4.25. The number of piperidine rings is 1. The molecule has 1 amide bonds. The first-order valence-electron chi connectivity index (χ1n) is 11.4. The second kappa shape index (κ2) is 10.0. The van der Waals surface area contributed by atoms with E-state index in [4.69, 9.17) is 4.42 Å². The van der Waals surface area contributed by atoms with Gasteiger partial charge in [0.2, 0.25) is 0 Å². The van der Waals surface area contributed by atoms with Crippen molar-refractivity contribution in [1.82, 2.24) is 9.88 Å². The molecule has 7 nitrogen and oxygen atoms in total. The Kier molecular flexibility index (Phi) is 6.89. The van der Waals surface area contributed by atoms with Crippen molar-refractivity contribution in [3.05, 3.63) is 71.7 Å². The maximum absolute atomic E-state index is 13.5. The van der Waals surface area contributed by atoms with Gasteiger partial charge in [-0.1, -0.05) is 42.5 Å². The van der Waals surface area contributed by atoms with Crippen LogP contribution in [0.15, 0.2) is 64.1 Å². The number of anilines is 1. The van der Waals surface area contributed by atoms with Gasteiger partial charge in [0.1, 0.15) is 5.69 Å². The molecule has 0 aliphatic carbocycles. The Morgan fingerprint density at radius 2 is 1.94 bits per heavy atom. The number of hydrazone groups is 1. The monoisotopic (exact) mass is 446 g/mol. The highest BCUT2D eigenvalue weighted by Crippen LogP contribution is 2.36. The molecule has 1 fully saturated rings. The normalized spacial score (nSPS) is 19.6. The summed E-state index contributed by atoms with van der Waals surface area (Å²) >= 11 is 0. The van der Waals surface area contributed by atoms with Crippen LogP contribution >= 0.6 is 0 Å². The molecule has 3 atom stereocenters. The van der Waals surface area contributed by atoms with E-state index in [0.717, 1.165) is 18.4 Å². The minimum Gasteiger partial charge on any atom is -0.440 e. The highest BCUT2D eigenvalue weighted by molar-refractivity contribution is 5.99. The summed E-state index contributed by atoms with van der Waals surface area (Å²) in [4.78, 5) is 20.1. The van der Waals surface area contributed by atoms with Gasteiger partial charge in [-0.2, -0.15) is 5.10 Å². The Balaban J connectivity index is 1.62. The molecule has 1 aliphatic heterocycles. The van der Waals surface area contributed by atoms with Crippen molar-refractivity contribution in [3.8, 4) is 11.3 Å². The maximum atomic E-state index is 13.5. The number of aliphatic hydroxyl groups excluding tert-OH is 1. The minimum atomic E-state index is -0.755. The number of hydrogen-bond acceptors (Lipinski definition) is 6. The zero-order valence-electron chi connectivity index (χ0n) is 19.2. The summed E-state index contributed by atoms with van der Waals surface area (Å²) in [5.41, 5.74) is 5.60. The number of nitrogens with zero attached hydrogens (tertiary/aromatic N) is 3. The third-order valence-electron chi connectivity index (χ3n) is 6.07. The molecule has 0 radical (unpaired) electrons. The van der Waals surface area contributed by atoms with E-state index in [0.29, 0.717) is 35.1 Å². The quantitative estimate of drug-likeness (QED) is 0.400. The molecule has 2 N–H and O–H groups in total. The lowest BCUT2D eigenvalue weighted by molar-refractivity contribution is 0.0598. The largest absolute Gasteiger partial charge is 0.440 e. The zero-order chi connectivity index (χ0) is 23.4. The third kappa shape index (κ3) is 4.83. The minimum absolute atomic E-state index is 0.0473. The molecule has 1 aromatic heterocycles. The van der Waals surface area contributed by atoms with Crippen molar-refractivity contribution in [2.45, 2.75) is 51.7 Å². The summed E-state index contributed by atoms with van der Waals surface area (Å²) in [6.45, 7) is 6.08. The number of aromatic nitrogens is 1. The zero-order valence-corrected chi connectivity index (χ0v) is 19.2. The molecule has 0 spiro atoms. The molecule has 3 aromatic rings. The van der Waals surface area contributed by atoms with Crippen molar-refractivity contribution in [2.75, 3.05) is 12.0 Å². The van der Waals surface area contributed by atoms with Gasteiger partial charge in [0.25, 0.3) is 5.91 Å². The lowest BCUT2D eigenvalue weighted by atomic mass is 9.92. The lowest BCUT2D eigenvalue weighted by Crippen LogP contribution is -2.45. The molecular formula is C26H30N4O3. The van der Waals surface area contributed by atoms with Gasteiger partial charge in [-0.15, -0.1) is 0 Å². The number of aliphatic hydroxyl groups is 1. The molecule has 4 rings (SSSR count). The van der Waals surface area contributed by atoms with E-state index >= 15 is 0 Å². The summed E-state index contributed by atoms with van der Waals surface area (Å²) in [7, 11) is 0. The van der Waals surface area contributed by atoms with Gasteiger partial charge in [0, 0.05) is 24.4 Å². The average molecular weight is 447 g/mol. The number of likely N-dealkylation sites (tertiary alicyclic amines) is 1. The van der Waals surface area contributed by atoms with E-state index in [1.54, 1.807) is 13.1 Å². The van der Waals surface area contributed by atoms with E-state index in [1.807, 2.05) is 66.4 Å². The first kappa shape index (κ1) is 22.7. The van der Waals surface area contributed by atoms with Crippen LogP contribution in [0.2, 0.25) is 0 Å². The molecule has 1 unspecified atom stereocenters. The number of benzene rings is 2. The lowest BCUT2D eigenvalue weighted by Gasteiger charge is -2.37. The van der Waals surface area contributed by atoms with Crippen LogP contribution in [0.3, 0.4) is 0 Å². The first-order chi connectivity index (χ1) is 16.0. The van der Waals surface area contributed by atoms with Gasteiger partial charge in [-0.3, -0.25) is 10.2 Å². The number of carbonyl (C=O) groups excluding carboxylic acids is 1. The van der Waals surface area contributed by atoms with Crippen molar-refractivity contribution in [1.29, 1.82) is 0 Å². The predicted octanol–water partition coefficient (Wildman–Crippen LogP) is 5.22. The van der Waals surface area contributed by atoms with Crippen LogP contribution < -0.4 is 5.43 Å². The molecule has 172 valence electrons. The Morgan fingerprint density at radius 1 is 1.21 bits per heavy atom. The average Bonchev–Trinajstić information content (AvgIpc) is 3.29. The number of hydrogen-bond donors (Lipinski definition) is 2. The van der Waals surface area contributed by atoms with Crippen LogP contribution in [0.1, 0.15) is 67.6 Å². The fraction of sp³-hybridized carbons (Fsp3) is 0.346. The van der Waals surface area contributed by atoms with Gasteiger partial charge in [0.15, 0.2) is 11.7 Å². The van der Waals surface area contributed by atoms with Gasteiger partial charge < -0.3 is 14.4 Å². The third-order valence-corrected chi connectivity index (χ3v) is 6.07. The van der Waals surface area contributed by atoms with E-state index in [-0.39, 0.29) is 17.9 Å². The Hall–Kier alpha value is -3.45. The van der Waals surface area contributed by atoms with Crippen LogP contribution in [-0.4, -0.2) is 39.7 Å². The van der Waals surface area contributed by atoms with Crippen LogP contribution in [0, 0.1) is 0 Å². The van der Waals surface area contributed by atoms with Crippen molar-refractivity contribution in [3.63, 3.8) is 0 Å². The van der Waals surface area contributed by atoms with Crippen LogP contribution in [-0.2, 0) is 0 Å². The molecule has 1 saturated heterocycles. The van der Waals surface area contributed by atoms with Crippen molar-refractivity contribution < 1.29 is 14.3 Å². The standard InChI is InChI=1S/C26H30N4O3/c1-4-27-29-22-13-9-8-12-21(22)26(32)30-16-20(15-14-17(30)2)25-28-23(18(3)31)24(33-25)19-10-6-5-7-11-19/h4-13,17-18,20,29,31H,14-16H2,1-3H3/b27-4-/t17-,18?,20-/m1/s1. The number of oxazole rings is 1. The second-order valence-corrected chi connectivity index (χ2v) is 8.43. The van der Waals surface area contributed by atoms with Crippen LogP contribution in [0.4, 0.5) is 5.69 Å². The Bertz CT molecular complexity index is 1120. The van der Waals surface area contributed by atoms with Gasteiger partial charge in [-0.25, -0.2) is 4.98 Å². The molecule has 33 heavy (non-hydrogen) atoms. The highest BCUT2D eigenvalue weighted by Gasteiger charge is 2.34.